The first-order valence-corrected chi connectivity index (χ1v) is 5.12. The van der Waals surface area contributed by atoms with E-state index in [1.165, 1.54) is 13.2 Å². The largest absolute Gasteiger partial charge is 0.497 e. The Morgan fingerprint density at radius 3 is 2.75 bits per heavy atom. The molecule has 1 aromatic rings. The van der Waals surface area contributed by atoms with Gasteiger partial charge in [0.1, 0.15) is 5.75 Å². The number of benzene rings is 1. The van der Waals surface area contributed by atoms with E-state index in [9.17, 15) is 10.1 Å². The minimum absolute atomic E-state index is 0.0799. The lowest BCUT2D eigenvalue weighted by atomic mass is 9.96. The quantitative estimate of drug-likeness (QED) is 0.613. The fourth-order valence-electron chi connectivity index (χ4n) is 1.63. The first-order chi connectivity index (χ1) is 7.60. The number of hydrogen-bond donors (Lipinski definition) is 1. The van der Waals surface area contributed by atoms with Crippen LogP contribution in [0.4, 0.5) is 5.69 Å². The minimum atomic E-state index is -0.384. The molecular formula is C11H16N2O3. The molecule has 5 nitrogen and oxygen atoms in total. The van der Waals surface area contributed by atoms with Crippen molar-refractivity contribution in [3.05, 3.63) is 33.9 Å². The molecule has 1 aromatic carbocycles. The molecule has 1 unspecified atom stereocenters. The highest BCUT2D eigenvalue weighted by Gasteiger charge is 2.19. The van der Waals surface area contributed by atoms with Gasteiger partial charge < -0.3 is 10.5 Å². The van der Waals surface area contributed by atoms with E-state index in [4.69, 9.17) is 10.5 Å². The second kappa shape index (κ2) is 5.46. The van der Waals surface area contributed by atoms with Crippen molar-refractivity contribution in [3.63, 3.8) is 0 Å². The summed E-state index contributed by atoms with van der Waals surface area (Å²) in [5.74, 6) is 0.576. The lowest BCUT2D eigenvalue weighted by molar-refractivity contribution is -0.385. The monoisotopic (exact) mass is 224 g/mol. The Bertz CT molecular complexity index is 379. The third-order valence-electron chi connectivity index (χ3n) is 2.56. The number of hydrogen-bond acceptors (Lipinski definition) is 4. The molecule has 0 radical (unpaired) electrons. The zero-order chi connectivity index (χ0) is 12.1. The number of nitro groups is 1. The number of nitrogens with two attached hydrogens (primary N) is 1. The van der Waals surface area contributed by atoms with Crippen molar-refractivity contribution >= 4 is 5.69 Å². The third-order valence-corrected chi connectivity index (χ3v) is 2.56. The molecule has 0 spiro atoms. The van der Waals surface area contributed by atoms with E-state index in [1.807, 2.05) is 6.92 Å². The average molecular weight is 224 g/mol. The lowest BCUT2D eigenvalue weighted by Crippen LogP contribution is -2.06. The highest BCUT2D eigenvalue weighted by molar-refractivity contribution is 5.47. The maximum absolute atomic E-state index is 10.9. The Balaban J connectivity index is 3.12. The smallest absolute Gasteiger partial charge is 0.276 e. The van der Waals surface area contributed by atoms with Gasteiger partial charge in [-0.05, 0) is 31.0 Å². The van der Waals surface area contributed by atoms with Crippen molar-refractivity contribution in [2.45, 2.75) is 19.3 Å². The van der Waals surface area contributed by atoms with Crippen LogP contribution in [0.15, 0.2) is 18.2 Å². The molecule has 0 fully saturated rings. The van der Waals surface area contributed by atoms with Crippen molar-refractivity contribution < 1.29 is 9.66 Å². The van der Waals surface area contributed by atoms with Gasteiger partial charge in [0.2, 0.25) is 0 Å². The van der Waals surface area contributed by atoms with Crippen LogP contribution in [0.25, 0.3) is 0 Å². The third kappa shape index (κ3) is 2.70. The molecule has 1 atom stereocenters. The Kier molecular flexibility index (Phi) is 4.25. The van der Waals surface area contributed by atoms with Crippen LogP contribution in [0.1, 0.15) is 24.8 Å². The molecule has 0 aromatic heterocycles. The number of nitrogens with zero attached hydrogens (tertiary/aromatic N) is 1. The summed E-state index contributed by atoms with van der Waals surface area (Å²) in [6, 6.07) is 4.91. The number of methoxy groups -OCH3 is 1. The van der Waals surface area contributed by atoms with Gasteiger partial charge in [-0.25, -0.2) is 0 Å². The first kappa shape index (κ1) is 12.4. The van der Waals surface area contributed by atoms with E-state index in [-0.39, 0.29) is 16.5 Å². The highest BCUT2D eigenvalue weighted by atomic mass is 16.6. The number of nitro benzene ring substituents is 1. The molecule has 0 bridgehead atoms. The van der Waals surface area contributed by atoms with Gasteiger partial charge in [0.05, 0.1) is 18.1 Å². The summed E-state index contributed by atoms with van der Waals surface area (Å²) in [6.45, 7) is 2.45. The predicted octanol–water partition coefficient (Wildman–Crippen LogP) is 2.06. The van der Waals surface area contributed by atoms with Crippen LogP contribution in [0.3, 0.4) is 0 Å². The van der Waals surface area contributed by atoms with Gasteiger partial charge in [-0.3, -0.25) is 10.1 Å². The maximum Gasteiger partial charge on any atom is 0.276 e. The first-order valence-electron chi connectivity index (χ1n) is 5.12. The predicted molar refractivity (Wildman–Crippen MR) is 61.7 cm³/mol. The van der Waals surface area contributed by atoms with Crippen molar-refractivity contribution in [1.82, 2.24) is 0 Å². The van der Waals surface area contributed by atoms with Crippen molar-refractivity contribution in [3.8, 4) is 5.75 Å². The number of ether oxygens (including phenoxy) is 1. The van der Waals surface area contributed by atoms with Crippen molar-refractivity contribution in [2.75, 3.05) is 13.7 Å². The molecule has 0 saturated heterocycles. The molecular weight excluding hydrogens is 208 g/mol. The standard InChI is InChI=1S/C11H16N2O3/c1-8(5-6-12)10-4-3-9(16-2)7-11(10)13(14)15/h3-4,7-8H,5-6,12H2,1-2H3. The van der Waals surface area contributed by atoms with E-state index >= 15 is 0 Å². The van der Waals surface area contributed by atoms with E-state index in [2.05, 4.69) is 0 Å². The second-order valence-corrected chi connectivity index (χ2v) is 3.66. The topological polar surface area (TPSA) is 78.4 Å². The summed E-state index contributed by atoms with van der Waals surface area (Å²) in [7, 11) is 1.49. The van der Waals surface area contributed by atoms with Crippen LogP contribution in [0, 0.1) is 10.1 Å². The summed E-state index contributed by atoms with van der Waals surface area (Å²) < 4.78 is 4.97. The normalized spacial score (nSPS) is 12.2. The van der Waals surface area contributed by atoms with Gasteiger partial charge in [-0.1, -0.05) is 6.92 Å². The van der Waals surface area contributed by atoms with Crippen LogP contribution < -0.4 is 10.5 Å². The van der Waals surface area contributed by atoms with Gasteiger partial charge in [-0.2, -0.15) is 0 Å². The van der Waals surface area contributed by atoms with Crippen LogP contribution in [0.5, 0.6) is 5.75 Å². The molecule has 0 saturated carbocycles. The molecule has 2 N–H and O–H groups in total. The van der Waals surface area contributed by atoms with E-state index in [0.717, 1.165) is 6.42 Å². The Morgan fingerprint density at radius 1 is 1.56 bits per heavy atom. The molecule has 0 aliphatic rings. The molecule has 16 heavy (non-hydrogen) atoms. The SMILES string of the molecule is COc1ccc(C(C)CCN)c([N+](=O)[O-])c1. The van der Waals surface area contributed by atoms with Crippen LogP contribution >= 0.6 is 0 Å². The molecule has 88 valence electrons. The Morgan fingerprint density at radius 2 is 2.25 bits per heavy atom. The van der Waals surface area contributed by atoms with Gasteiger partial charge in [0, 0.05) is 5.56 Å². The minimum Gasteiger partial charge on any atom is -0.497 e. The summed E-state index contributed by atoms with van der Waals surface area (Å²) in [5.41, 5.74) is 6.26. The fourth-order valence-corrected chi connectivity index (χ4v) is 1.63. The zero-order valence-electron chi connectivity index (χ0n) is 9.47. The fraction of sp³-hybridized carbons (Fsp3) is 0.455. The molecule has 5 heteroatoms. The second-order valence-electron chi connectivity index (χ2n) is 3.66. The maximum atomic E-state index is 10.9. The average Bonchev–Trinajstić information content (AvgIpc) is 2.28. The summed E-state index contributed by atoms with van der Waals surface area (Å²) in [5, 5.41) is 10.9. The van der Waals surface area contributed by atoms with Gasteiger partial charge >= 0.3 is 0 Å². The summed E-state index contributed by atoms with van der Waals surface area (Å²) in [6.07, 6.45) is 0.729. The molecule has 1 rings (SSSR count). The highest BCUT2D eigenvalue weighted by Crippen LogP contribution is 2.31. The van der Waals surface area contributed by atoms with E-state index < -0.39 is 0 Å². The molecule has 0 amide bonds. The van der Waals surface area contributed by atoms with Gasteiger partial charge in [-0.15, -0.1) is 0 Å². The van der Waals surface area contributed by atoms with Crippen LogP contribution in [-0.2, 0) is 0 Å². The molecule has 0 aliphatic carbocycles. The van der Waals surface area contributed by atoms with Crippen LogP contribution in [-0.4, -0.2) is 18.6 Å². The molecule has 0 aliphatic heterocycles. The summed E-state index contributed by atoms with van der Waals surface area (Å²) >= 11 is 0. The molecule has 0 heterocycles. The lowest BCUT2D eigenvalue weighted by Gasteiger charge is -2.11. The van der Waals surface area contributed by atoms with Gasteiger partial charge in [0.15, 0.2) is 0 Å². The van der Waals surface area contributed by atoms with Crippen LogP contribution in [0.2, 0.25) is 0 Å². The van der Waals surface area contributed by atoms with Crippen molar-refractivity contribution in [1.29, 1.82) is 0 Å². The number of rotatable bonds is 5. The van der Waals surface area contributed by atoms with Gasteiger partial charge in [0.25, 0.3) is 5.69 Å². The van der Waals surface area contributed by atoms with E-state index in [1.54, 1.807) is 12.1 Å². The van der Waals surface area contributed by atoms with E-state index in [0.29, 0.717) is 17.9 Å². The Hall–Kier alpha value is -1.62. The zero-order valence-corrected chi connectivity index (χ0v) is 9.47. The van der Waals surface area contributed by atoms with Crippen molar-refractivity contribution in [2.24, 2.45) is 5.73 Å². The summed E-state index contributed by atoms with van der Waals surface area (Å²) in [4.78, 5) is 10.5. The Labute approximate surface area is 94.4 Å².